The molecule has 10 nitrogen and oxygen atoms in total. The molecule has 148 valence electrons. The van der Waals surface area contributed by atoms with Gasteiger partial charge in [0.25, 0.3) is 0 Å². The van der Waals surface area contributed by atoms with Crippen LogP contribution in [-0.4, -0.2) is 40.9 Å². The molecule has 0 saturated carbocycles. The first-order valence-electron chi connectivity index (χ1n) is 7.76. The summed E-state index contributed by atoms with van der Waals surface area (Å²) in [4.78, 5) is 15.2. The standard InChI is InChI=1S/C15H8F3N7O3S/c16-15(17,18)28-10-6-4-9(5-7-10)24-14(20-21-22-24)29-12-13(25(26)27)23-8-2-1-3-11(23)19-12/h1-8H. The summed E-state index contributed by atoms with van der Waals surface area (Å²) in [6, 6.07) is 9.77. The Morgan fingerprint density at radius 3 is 2.59 bits per heavy atom. The van der Waals surface area contributed by atoms with Crippen LogP contribution in [0.1, 0.15) is 0 Å². The van der Waals surface area contributed by atoms with Crippen LogP contribution in [0.2, 0.25) is 0 Å². The van der Waals surface area contributed by atoms with E-state index < -0.39 is 17.0 Å². The molecule has 0 saturated heterocycles. The van der Waals surface area contributed by atoms with E-state index in [0.717, 1.165) is 23.9 Å². The molecule has 29 heavy (non-hydrogen) atoms. The molecule has 4 aromatic rings. The summed E-state index contributed by atoms with van der Waals surface area (Å²) in [7, 11) is 0. The van der Waals surface area contributed by atoms with Gasteiger partial charge in [-0.1, -0.05) is 6.07 Å². The number of alkyl halides is 3. The van der Waals surface area contributed by atoms with Gasteiger partial charge in [-0.15, -0.1) is 18.3 Å². The molecule has 1 aromatic carbocycles. The molecule has 0 amide bonds. The summed E-state index contributed by atoms with van der Waals surface area (Å²) < 4.78 is 43.2. The molecular formula is C15H8F3N7O3S. The van der Waals surface area contributed by atoms with E-state index in [1.807, 2.05) is 0 Å². The lowest BCUT2D eigenvalue weighted by atomic mass is 10.3. The summed E-state index contributed by atoms with van der Waals surface area (Å²) in [6.45, 7) is 0. The van der Waals surface area contributed by atoms with Gasteiger partial charge in [0, 0.05) is 6.07 Å². The zero-order valence-corrected chi connectivity index (χ0v) is 14.8. The molecule has 0 aliphatic carbocycles. The van der Waals surface area contributed by atoms with Crippen molar-refractivity contribution in [3.8, 4) is 11.4 Å². The van der Waals surface area contributed by atoms with Crippen LogP contribution in [-0.2, 0) is 0 Å². The normalized spacial score (nSPS) is 11.7. The van der Waals surface area contributed by atoms with Crippen molar-refractivity contribution in [1.82, 2.24) is 29.6 Å². The van der Waals surface area contributed by atoms with Crippen LogP contribution in [0.3, 0.4) is 0 Å². The first kappa shape index (κ1) is 18.7. The average molecular weight is 423 g/mol. The highest BCUT2D eigenvalue weighted by Crippen LogP contribution is 2.34. The van der Waals surface area contributed by atoms with E-state index in [4.69, 9.17) is 0 Å². The Morgan fingerprint density at radius 1 is 1.14 bits per heavy atom. The highest BCUT2D eigenvalue weighted by Gasteiger charge is 2.31. The lowest BCUT2D eigenvalue weighted by molar-refractivity contribution is -0.393. The van der Waals surface area contributed by atoms with Crippen molar-refractivity contribution in [3.63, 3.8) is 0 Å². The molecule has 3 aromatic heterocycles. The Hall–Kier alpha value is -3.68. The number of hydrogen-bond donors (Lipinski definition) is 0. The minimum absolute atomic E-state index is 0.0641. The molecule has 4 rings (SSSR count). The summed E-state index contributed by atoms with van der Waals surface area (Å²) in [5.74, 6) is -0.659. The smallest absolute Gasteiger partial charge is 0.406 e. The quantitative estimate of drug-likeness (QED) is 0.355. The van der Waals surface area contributed by atoms with Gasteiger partial charge in [-0.05, 0) is 57.4 Å². The molecule has 0 spiro atoms. The molecule has 14 heteroatoms. The summed E-state index contributed by atoms with van der Waals surface area (Å²) in [5, 5.41) is 22.8. The topological polar surface area (TPSA) is 113 Å². The number of nitro groups is 1. The van der Waals surface area contributed by atoms with Crippen molar-refractivity contribution in [1.29, 1.82) is 0 Å². The number of nitrogens with zero attached hydrogens (tertiary/aromatic N) is 7. The Morgan fingerprint density at radius 2 is 1.90 bits per heavy atom. The number of fused-ring (bicyclic) bond motifs is 1. The summed E-state index contributed by atoms with van der Waals surface area (Å²) in [5.41, 5.74) is 0.702. The van der Waals surface area contributed by atoms with Crippen LogP contribution in [0.4, 0.5) is 19.0 Å². The van der Waals surface area contributed by atoms with Gasteiger partial charge >= 0.3 is 12.2 Å². The molecule has 0 aliphatic rings. The van der Waals surface area contributed by atoms with Gasteiger partial charge in [-0.3, -0.25) is 0 Å². The zero-order chi connectivity index (χ0) is 20.6. The van der Waals surface area contributed by atoms with Crippen molar-refractivity contribution in [2.75, 3.05) is 0 Å². The third-order valence-electron chi connectivity index (χ3n) is 3.59. The van der Waals surface area contributed by atoms with Gasteiger partial charge in [0.2, 0.25) is 15.8 Å². The summed E-state index contributed by atoms with van der Waals surface area (Å²) >= 11 is 0.853. The Bertz CT molecular complexity index is 1190. The van der Waals surface area contributed by atoms with E-state index in [1.54, 1.807) is 18.2 Å². The highest BCUT2D eigenvalue weighted by atomic mass is 32.2. The van der Waals surface area contributed by atoms with Crippen molar-refractivity contribution in [2.45, 2.75) is 16.5 Å². The monoisotopic (exact) mass is 423 g/mol. The molecule has 0 bridgehead atoms. The lowest BCUT2D eigenvalue weighted by Gasteiger charge is -2.09. The predicted octanol–water partition coefficient (Wildman–Crippen LogP) is 3.27. The van der Waals surface area contributed by atoms with E-state index in [9.17, 15) is 23.3 Å². The number of rotatable bonds is 5. The molecule has 0 unspecified atom stereocenters. The van der Waals surface area contributed by atoms with Crippen LogP contribution in [0, 0.1) is 10.1 Å². The van der Waals surface area contributed by atoms with Crippen molar-refractivity contribution >= 4 is 23.2 Å². The van der Waals surface area contributed by atoms with Gasteiger partial charge < -0.3 is 14.9 Å². The number of pyridine rings is 1. The van der Waals surface area contributed by atoms with Gasteiger partial charge in [0.1, 0.15) is 5.75 Å². The minimum atomic E-state index is -4.81. The second kappa shape index (κ2) is 7.05. The van der Waals surface area contributed by atoms with Gasteiger partial charge in [-0.25, -0.2) is 0 Å². The maximum absolute atomic E-state index is 12.3. The highest BCUT2D eigenvalue weighted by molar-refractivity contribution is 7.99. The first-order valence-corrected chi connectivity index (χ1v) is 8.57. The van der Waals surface area contributed by atoms with E-state index in [0.29, 0.717) is 11.3 Å². The second-order valence-electron chi connectivity index (χ2n) is 5.44. The van der Waals surface area contributed by atoms with Gasteiger partial charge in [-0.2, -0.15) is 14.1 Å². The third kappa shape index (κ3) is 3.82. The fourth-order valence-electron chi connectivity index (χ4n) is 2.48. The van der Waals surface area contributed by atoms with Crippen LogP contribution in [0.25, 0.3) is 11.3 Å². The van der Waals surface area contributed by atoms with E-state index in [2.05, 4.69) is 25.2 Å². The SMILES string of the molecule is O=[N+]([O-])c1c(Sc2nnnn2-c2ccc(OC(F)(F)F)cc2)nc2ccccn12. The van der Waals surface area contributed by atoms with E-state index in [1.165, 1.54) is 27.4 Å². The predicted molar refractivity (Wildman–Crippen MR) is 91.8 cm³/mol. The number of benzene rings is 1. The van der Waals surface area contributed by atoms with Gasteiger partial charge in [0.05, 0.1) is 11.9 Å². The number of tetrazole rings is 1. The number of ether oxygens (including phenoxy) is 1. The lowest BCUT2D eigenvalue weighted by Crippen LogP contribution is -2.17. The molecule has 0 aliphatic heterocycles. The summed E-state index contributed by atoms with van der Waals surface area (Å²) in [6.07, 6.45) is -3.30. The van der Waals surface area contributed by atoms with Crippen molar-refractivity contribution in [3.05, 3.63) is 58.8 Å². The number of hydrogen-bond acceptors (Lipinski definition) is 8. The second-order valence-corrected chi connectivity index (χ2v) is 6.40. The molecule has 0 radical (unpaired) electrons. The van der Waals surface area contributed by atoms with Crippen LogP contribution >= 0.6 is 11.8 Å². The van der Waals surface area contributed by atoms with Crippen molar-refractivity contribution in [2.24, 2.45) is 0 Å². The van der Waals surface area contributed by atoms with E-state index in [-0.39, 0.29) is 16.0 Å². The van der Waals surface area contributed by atoms with Crippen LogP contribution in [0.5, 0.6) is 5.75 Å². The molecule has 0 N–H and O–H groups in total. The molecule has 3 heterocycles. The fraction of sp³-hybridized carbons (Fsp3) is 0.0667. The number of aromatic nitrogens is 6. The van der Waals surface area contributed by atoms with Crippen LogP contribution < -0.4 is 4.74 Å². The number of halogens is 3. The molecule has 0 fully saturated rings. The Kier molecular flexibility index (Phi) is 4.54. The van der Waals surface area contributed by atoms with Crippen molar-refractivity contribution < 1.29 is 22.8 Å². The maximum atomic E-state index is 12.3. The largest absolute Gasteiger partial charge is 0.573 e. The number of imidazole rings is 1. The average Bonchev–Trinajstić information content (AvgIpc) is 3.25. The maximum Gasteiger partial charge on any atom is 0.573 e. The first-order chi connectivity index (χ1) is 13.8. The van der Waals surface area contributed by atoms with Crippen LogP contribution in [0.15, 0.2) is 58.8 Å². The minimum Gasteiger partial charge on any atom is -0.406 e. The molecular weight excluding hydrogens is 415 g/mol. The zero-order valence-electron chi connectivity index (χ0n) is 14.0. The molecule has 0 atom stereocenters. The van der Waals surface area contributed by atoms with Gasteiger partial charge in [0.15, 0.2) is 0 Å². The van der Waals surface area contributed by atoms with E-state index >= 15 is 0 Å². The Balaban J connectivity index is 1.67. The third-order valence-corrected chi connectivity index (χ3v) is 4.49. The fourth-order valence-corrected chi connectivity index (χ4v) is 3.36. The Labute approximate surface area is 163 Å².